The van der Waals surface area contributed by atoms with Gasteiger partial charge in [0.15, 0.2) is 0 Å². The van der Waals surface area contributed by atoms with Crippen LogP contribution in [0.1, 0.15) is 12.5 Å². The molecule has 1 amide bonds. The van der Waals surface area contributed by atoms with E-state index in [0.29, 0.717) is 11.5 Å². The van der Waals surface area contributed by atoms with Gasteiger partial charge in [-0.3, -0.25) is 4.79 Å². The number of rotatable bonds is 4. The van der Waals surface area contributed by atoms with Gasteiger partial charge in [0.25, 0.3) is 0 Å². The molecule has 1 N–H and O–H groups in total. The van der Waals surface area contributed by atoms with Crippen molar-refractivity contribution in [2.24, 2.45) is 0 Å². The molecule has 0 aromatic heterocycles. The molecule has 112 valence electrons. The summed E-state index contributed by atoms with van der Waals surface area (Å²) in [7, 11) is 1.56. The van der Waals surface area contributed by atoms with Crippen molar-refractivity contribution >= 4 is 29.7 Å². The molecule has 0 radical (unpaired) electrons. The van der Waals surface area contributed by atoms with E-state index < -0.39 is 12.0 Å². The first-order valence-electron chi connectivity index (χ1n) is 6.52. The van der Waals surface area contributed by atoms with Crippen LogP contribution in [-0.2, 0) is 9.59 Å². The molecule has 1 aliphatic rings. The number of carbonyl (C=O) groups is 2. The van der Waals surface area contributed by atoms with Gasteiger partial charge < -0.3 is 14.7 Å². The zero-order chi connectivity index (χ0) is 15.4. The van der Waals surface area contributed by atoms with Crippen molar-refractivity contribution in [2.45, 2.75) is 18.3 Å². The molecule has 2 atom stereocenters. The van der Waals surface area contributed by atoms with Gasteiger partial charge in [-0.1, -0.05) is 18.2 Å². The second-order valence-electron chi connectivity index (χ2n) is 4.61. The Bertz CT molecular complexity index is 573. The van der Waals surface area contributed by atoms with Crippen molar-refractivity contribution in [3.8, 4) is 5.75 Å². The molecule has 2 rings (SSSR count). The van der Waals surface area contributed by atoms with Crippen LogP contribution in [0.5, 0.6) is 5.75 Å². The molecular formula is C15H17NO4S. The van der Waals surface area contributed by atoms with E-state index in [0.717, 1.165) is 5.56 Å². The predicted molar refractivity (Wildman–Crippen MR) is 82.2 cm³/mol. The summed E-state index contributed by atoms with van der Waals surface area (Å²) in [6.45, 7) is 1.84. The molecule has 0 saturated carbocycles. The van der Waals surface area contributed by atoms with E-state index in [1.54, 1.807) is 19.3 Å². The quantitative estimate of drug-likeness (QED) is 0.863. The van der Waals surface area contributed by atoms with Crippen molar-refractivity contribution in [3.63, 3.8) is 0 Å². The summed E-state index contributed by atoms with van der Waals surface area (Å²) < 4.78 is 5.21. The number of carbonyl (C=O) groups excluding carboxylic acids is 1. The molecular weight excluding hydrogens is 290 g/mol. The highest BCUT2D eigenvalue weighted by molar-refractivity contribution is 8.00. The topological polar surface area (TPSA) is 66.8 Å². The minimum absolute atomic E-state index is 0.138. The third-order valence-corrected chi connectivity index (χ3v) is 4.52. The van der Waals surface area contributed by atoms with Crippen LogP contribution in [0.25, 0.3) is 6.08 Å². The first-order chi connectivity index (χ1) is 10.0. The van der Waals surface area contributed by atoms with Crippen LogP contribution in [0.4, 0.5) is 0 Å². The third kappa shape index (κ3) is 3.39. The summed E-state index contributed by atoms with van der Waals surface area (Å²) in [5, 5.41) is 9.03. The van der Waals surface area contributed by atoms with Crippen LogP contribution in [0.3, 0.4) is 0 Å². The summed E-state index contributed by atoms with van der Waals surface area (Å²) in [5.74, 6) is -0.179. The first kappa shape index (κ1) is 15.4. The van der Waals surface area contributed by atoms with E-state index in [1.165, 1.54) is 22.7 Å². The normalized spacial score (nSPS) is 21.7. The van der Waals surface area contributed by atoms with Crippen LogP contribution in [0.15, 0.2) is 30.3 Å². The Morgan fingerprint density at radius 1 is 1.43 bits per heavy atom. The Morgan fingerprint density at radius 3 is 2.81 bits per heavy atom. The van der Waals surface area contributed by atoms with Crippen LogP contribution in [-0.4, -0.2) is 46.2 Å². The highest BCUT2D eigenvalue weighted by atomic mass is 32.2. The monoisotopic (exact) mass is 307 g/mol. The second kappa shape index (κ2) is 6.67. The van der Waals surface area contributed by atoms with E-state index in [-0.39, 0.29) is 11.3 Å². The number of aliphatic carboxylic acids is 1. The van der Waals surface area contributed by atoms with Crippen LogP contribution in [0.2, 0.25) is 0 Å². The number of methoxy groups -OCH3 is 1. The Labute approximate surface area is 127 Å². The minimum Gasteiger partial charge on any atom is -0.496 e. The number of nitrogens with zero attached hydrogens (tertiary/aromatic N) is 1. The molecule has 2 unspecified atom stereocenters. The summed E-state index contributed by atoms with van der Waals surface area (Å²) in [4.78, 5) is 24.9. The lowest BCUT2D eigenvalue weighted by Crippen LogP contribution is -2.43. The molecule has 1 aromatic rings. The maximum absolute atomic E-state index is 12.3. The molecule has 0 spiro atoms. The van der Waals surface area contributed by atoms with Crippen LogP contribution >= 0.6 is 11.8 Å². The standard InChI is InChI=1S/C15H17NO4S/c1-10-16(12(9-21-10)15(18)19)14(17)8-7-11-5-3-4-6-13(11)20-2/h3-8,10,12H,9H2,1-2H3,(H,18,19). The van der Waals surface area contributed by atoms with Crippen molar-refractivity contribution in [1.29, 1.82) is 0 Å². The number of hydrogen-bond donors (Lipinski definition) is 1. The summed E-state index contributed by atoms with van der Waals surface area (Å²) in [6.07, 6.45) is 3.05. The number of hydrogen-bond acceptors (Lipinski definition) is 4. The zero-order valence-corrected chi connectivity index (χ0v) is 12.7. The Hall–Kier alpha value is -1.95. The van der Waals surface area contributed by atoms with Crippen LogP contribution in [0, 0.1) is 0 Å². The molecule has 1 aliphatic heterocycles. The molecule has 1 heterocycles. The average molecular weight is 307 g/mol. The van der Waals surface area contributed by atoms with Gasteiger partial charge >= 0.3 is 5.97 Å². The first-order valence-corrected chi connectivity index (χ1v) is 7.57. The van der Waals surface area contributed by atoms with Gasteiger partial charge in [0.1, 0.15) is 11.8 Å². The van der Waals surface area contributed by atoms with E-state index >= 15 is 0 Å². The average Bonchev–Trinajstić information content (AvgIpc) is 2.87. The number of amides is 1. The molecule has 0 aliphatic carbocycles. The number of benzene rings is 1. The van der Waals surface area contributed by atoms with Crippen molar-refractivity contribution in [2.75, 3.05) is 12.9 Å². The van der Waals surface area contributed by atoms with Gasteiger partial charge in [-0.05, 0) is 19.1 Å². The summed E-state index contributed by atoms with van der Waals surface area (Å²) in [5.41, 5.74) is 0.778. The number of carboxylic acid groups (broad SMARTS) is 1. The fraction of sp³-hybridized carbons (Fsp3) is 0.333. The van der Waals surface area contributed by atoms with Gasteiger partial charge in [0.05, 0.1) is 12.5 Å². The van der Waals surface area contributed by atoms with Crippen molar-refractivity contribution < 1.29 is 19.4 Å². The number of thioether (sulfide) groups is 1. The summed E-state index contributed by atoms with van der Waals surface area (Å²) >= 11 is 1.47. The van der Waals surface area contributed by atoms with Crippen molar-refractivity contribution in [1.82, 2.24) is 4.90 Å². The number of ether oxygens (including phenoxy) is 1. The highest BCUT2D eigenvalue weighted by Gasteiger charge is 2.38. The number of para-hydroxylation sites is 1. The Morgan fingerprint density at radius 2 is 2.14 bits per heavy atom. The van der Waals surface area contributed by atoms with E-state index in [9.17, 15) is 9.59 Å². The SMILES string of the molecule is COc1ccccc1C=CC(=O)N1C(C)SCC1C(=O)O. The summed E-state index contributed by atoms with van der Waals surface area (Å²) in [6, 6.07) is 6.57. The molecule has 0 bridgehead atoms. The fourth-order valence-electron chi connectivity index (χ4n) is 2.22. The predicted octanol–water partition coefficient (Wildman–Crippen LogP) is 2.08. The molecule has 5 nitrogen and oxygen atoms in total. The Kier molecular flexibility index (Phi) is 4.90. The van der Waals surface area contributed by atoms with Gasteiger partial charge in [-0.2, -0.15) is 0 Å². The maximum atomic E-state index is 12.3. The van der Waals surface area contributed by atoms with E-state index in [1.807, 2.05) is 25.1 Å². The van der Waals surface area contributed by atoms with Crippen molar-refractivity contribution in [3.05, 3.63) is 35.9 Å². The maximum Gasteiger partial charge on any atom is 0.327 e. The molecule has 1 aromatic carbocycles. The van der Waals surface area contributed by atoms with Crippen LogP contribution < -0.4 is 4.74 Å². The smallest absolute Gasteiger partial charge is 0.327 e. The zero-order valence-electron chi connectivity index (χ0n) is 11.9. The van der Waals surface area contributed by atoms with Gasteiger partial charge in [0, 0.05) is 17.4 Å². The molecule has 6 heteroatoms. The fourth-order valence-corrected chi connectivity index (χ4v) is 3.39. The van der Waals surface area contributed by atoms with Gasteiger partial charge in [-0.15, -0.1) is 11.8 Å². The van der Waals surface area contributed by atoms with E-state index in [4.69, 9.17) is 9.84 Å². The largest absolute Gasteiger partial charge is 0.496 e. The Balaban J connectivity index is 2.16. The highest BCUT2D eigenvalue weighted by Crippen LogP contribution is 2.29. The number of carboxylic acids is 1. The molecule has 1 saturated heterocycles. The lowest BCUT2D eigenvalue weighted by molar-refractivity contribution is -0.147. The van der Waals surface area contributed by atoms with E-state index in [2.05, 4.69) is 0 Å². The minimum atomic E-state index is -0.967. The van der Waals surface area contributed by atoms with Gasteiger partial charge in [-0.25, -0.2) is 4.79 Å². The third-order valence-electron chi connectivity index (χ3n) is 3.31. The van der Waals surface area contributed by atoms with Gasteiger partial charge in [0.2, 0.25) is 5.91 Å². The lowest BCUT2D eigenvalue weighted by Gasteiger charge is -2.23. The molecule has 21 heavy (non-hydrogen) atoms. The lowest BCUT2D eigenvalue weighted by atomic mass is 10.2. The second-order valence-corrected chi connectivity index (χ2v) is 5.96. The molecule has 1 fully saturated rings.